The molecule has 206 valence electrons. The fourth-order valence-corrected chi connectivity index (χ4v) is 6.91. The number of ether oxygens (including phenoxy) is 2. The lowest BCUT2D eigenvalue weighted by Gasteiger charge is -2.38. The van der Waals surface area contributed by atoms with Gasteiger partial charge in [-0.25, -0.2) is 4.39 Å². The fourth-order valence-electron chi connectivity index (χ4n) is 6.73. The highest BCUT2D eigenvalue weighted by Crippen LogP contribution is 2.55. The van der Waals surface area contributed by atoms with Gasteiger partial charge in [0, 0.05) is 32.0 Å². The monoisotopic (exact) mass is 547 g/mol. The molecule has 10 heteroatoms. The molecule has 0 radical (unpaired) electrons. The number of hydrogen-bond donors (Lipinski definition) is 2. The zero-order valence-electron chi connectivity index (χ0n) is 21.9. The van der Waals surface area contributed by atoms with Crippen LogP contribution in [0.3, 0.4) is 0 Å². The van der Waals surface area contributed by atoms with Gasteiger partial charge in [-0.15, -0.1) is 0 Å². The number of rotatable bonds is 8. The number of likely N-dealkylation sites (tertiary alicyclic amines) is 1. The first-order chi connectivity index (χ1) is 18.2. The van der Waals surface area contributed by atoms with Gasteiger partial charge in [-0.3, -0.25) is 14.4 Å². The van der Waals surface area contributed by atoms with Gasteiger partial charge >= 0.3 is 0 Å². The molecule has 2 N–H and O–H groups in total. The van der Waals surface area contributed by atoms with Crippen molar-refractivity contribution in [2.24, 2.45) is 23.7 Å². The van der Waals surface area contributed by atoms with Crippen molar-refractivity contribution in [1.29, 1.82) is 0 Å². The highest BCUT2D eigenvalue weighted by Gasteiger charge is 2.72. The molecule has 38 heavy (non-hydrogen) atoms. The minimum atomic E-state index is -1.23. The Bertz CT molecular complexity index is 1150. The summed E-state index contributed by atoms with van der Waals surface area (Å²) in [5, 5.41) is 5.88. The van der Waals surface area contributed by atoms with Crippen LogP contribution in [0.5, 0.6) is 0 Å². The van der Waals surface area contributed by atoms with Gasteiger partial charge in [0.25, 0.3) is 0 Å². The molecule has 2 bridgehead atoms. The Balaban J connectivity index is 1.42. The predicted molar refractivity (Wildman–Crippen MR) is 140 cm³/mol. The topological polar surface area (TPSA) is 97.0 Å². The van der Waals surface area contributed by atoms with Gasteiger partial charge < -0.3 is 25.0 Å². The predicted octanol–water partition coefficient (Wildman–Crippen LogP) is 3.55. The molecule has 3 fully saturated rings. The average molecular weight is 548 g/mol. The van der Waals surface area contributed by atoms with Crippen LogP contribution in [0.4, 0.5) is 10.1 Å². The van der Waals surface area contributed by atoms with Crippen LogP contribution in [0.2, 0.25) is 5.02 Å². The highest BCUT2D eigenvalue weighted by molar-refractivity contribution is 6.31. The quantitative estimate of drug-likeness (QED) is 0.383. The molecule has 8 atom stereocenters. The molecule has 5 rings (SSSR count). The van der Waals surface area contributed by atoms with E-state index in [1.807, 2.05) is 0 Å². The molecule has 2 saturated heterocycles. The number of carbonyl (C=O) groups is 3. The van der Waals surface area contributed by atoms with E-state index < -0.39 is 41.3 Å². The number of nitrogens with one attached hydrogen (secondary N) is 2. The van der Waals surface area contributed by atoms with Crippen LogP contribution in [0.15, 0.2) is 30.4 Å². The minimum absolute atomic E-state index is 0.0162. The lowest BCUT2D eigenvalue weighted by Crippen LogP contribution is -2.58. The smallest absolute Gasteiger partial charge is 0.246 e. The first kappa shape index (κ1) is 27.1. The number of carbonyl (C=O) groups excluding carboxylic acids is 3. The van der Waals surface area contributed by atoms with Gasteiger partial charge in [0.2, 0.25) is 17.7 Å². The number of hydrogen-bond acceptors (Lipinski definition) is 5. The first-order valence-electron chi connectivity index (χ1n) is 13.4. The van der Waals surface area contributed by atoms with E-state index in [1.165, 1.54) is 18.2 Å². The van der Waals surface area contributed by atoms with E-state index in [0.717, 1.165) is 19.3 Å². The molecular weight excluding hydrogens is 513 g/mol. The molecule has 1 aromatic rings. The molecule has 8 nitrogen and oxygen atoms in total. The molecule has 3 amide bonds. The summed E-state index contributed by atoms with van der Waals surface area (Å²) >= 11 is 5.89. The standard InChI is InChI=1S/C28H35ClFN3O5/c1-15-6-4-7-20(16(15)2)32-26(35)24-28-11-10-21(38-28)22(23(28)27(36)33(24)12-5-13-37-3)25(34)31-17-8-9-19(30)18(29)14-17/h8-11,14-16,20-24H,4-7,12-13H2,1-3H3,(H,31,34)(H,32,35)/t15?,16?,20?,21-,22?,23-,24?,28?/m1/s1. The van der Waals surface area contributed by atoms with Crippen LogP contribution in [-0.4, -0.2) is 66.7 Å². The summed E-state index contributed by atoms with van der Waals surface area (Å²) in [5.74, 6) is -2.44. The van der Waals surface area contributed by atoms with Crippen molar-refractivity contribution < 1.29 is 28.2 Å². The number of nitrogens with zero attached hydrogens (tertiary/aromatic N) is 1. The zero-order valence-corrected chi connectivity index (χ0v) is 22.7. The van der Waals surface area contributed by atoms with Gasteiger partial charge in [-0.2, -0.15) is 0 Å². The van der Waals surface area contributed by atoms with Crippen LogP contribution in [-0.2, 0) is 23.9 Å². The lowest BCUT2D eigenvalue weighted by atomic mass is 9.73. The van der Waals surface area contributed by atoms with E-state index in [9.17, 15) is 18.8 Å². The third kappa shape index (κ3) is 4.52. The SMILES string of the molecule is COCCCN1C(=O)[C@H]2C(C(=O)Nc3ccc(F)c(Cl)c3)[C@H]3C=CC2(O3)C1C(=O)NC1CCCC(C)C1C. The summed E-state index contributed by atoms with van der Waals surface area (Å²) in [6.45, 7) is 5.10. The number of amides is 3. The summed E-state index contributed by atoms with van der Waals surface area (Å²) in [4.78, 5) is 42.9. The minimum Gasteiger partial charge on any atom is -0.385 e. The Hall–Kier alpha value is -2.49. The van der Waals surface area contributed by atoms with E-state index >= 15 is 0 Å². The molecule has 3 aliphatic heterocycles. The first-order valence-corrected chi connectivity index (χ1v) is 13.8. The molecule has 1 aromatic carbocycles. The molecule has 1 spiro atoms. The summed E-state index contributed by atoms with van der Waals surface area (Å²) in [6, 6.07) is 3.03. The molecule has 3 heterocycles. The van der Waals surface area contributed by atoms with Crippen LogP contribution < -0.4 is 10.6 Å². The molecule has 1 aliphatic carbocycles. The van der Waals surface area contributed by atoms with Gasteiger partial charge in [0.15, 0.2) is 0 Å². The second kappa shape index (κ2) is 10.6. The van der Waals surface area contributed by atoms with Crippen LogP contribution in [0.1, 0.15) is 39.5 Å². The summed E-state index contributed by atoms with van der Waals surface area (Å²) in [7, 11) is 1.59. The fraction of sp³-hybridized carbons (Fsp3) is 0.607. The van der Waals surface area contributed by atoms with Gasteiger partial charge in [-0.1, -0.05) is 50.4 Å². The van der Waals surface area contributed by atoms with Crippen LogP contribution in [0, 0.1) is 29.5 Å². The van der Waals surface area contributed by atoms with Crippen molar-refractivity contribution in [1.82, 2.24) is 10.2 Å². The van der Waals surface area contributed by atoms with E-state index in [4.69, 9.17) is 21.1 Å². The van der Waals surface area contributed by atoms with Gasteiger partial charge in [0.05, 0.1) is 23.0 Å². The van der Waals surface area contributed by atoms with Gasteiger partial charge in [0.1, 0.15) is 17.5 Å². The van der Waals surface area contributed by atoms with Crippen molar-refractivity contribution in [2.75, 3.05) is 25.6 Å². The lowest BCUT2D eigenvalue weighted by molar-refractivity contribution is -0.141. The van der Waals surface area contributed by atoms with Crippen molar-refractivity contribution >= 4 is 35.0 Å². The third-order valence-electron chi connectivity index (χ3n) is 8.89. The Kier molecular flexibility index (Phi) is 7.55. The maximum atomic E-state index is 13.9. The number of fused-ring (bicyclic) bond motifs is 1. The van der Waals surface area contributed by atoms with Crippen molar-refractivity contribution in [2.45, 2.75) is 63.3 Å². The third-order valence-corrected chi connectivity index (χ3v) is 9.18. The highest BCUT2D eigenvalue weighted by atomic mass is 35.5. The number of methoxy groups -OCH3 is 1. The number of halogens is 2. The maximum Gasteiger partial charge on any atom is 0.246 e. The molecular formula is C28H35ClFN3O5. The van der Waals surface area contributed by atoms with E-state index in [1.54, 1.807) is 24.2 Å². The van der Waals surface area contributed by atoms with E-state index in [-0.39, 0.29) is 22.9 Å². The van der Waals surface area contributed by atoms with Crippen LogP contribution >= 0.6 is 11.6 Å². The number of benzene rings is 1. The second-order valence-corrected chi connectivity index (χ2v) is 11.5. The van der Waals surface area contributed by atoms with E-state index in [0.29, 0.717) is 37.1 Å². The second-order valence-electron chi connectivity index (χ2n) is 11.1. The summed E-state index contributed by atoms with van der Waals surface area (Å²) < 4.78 is 25.2. The largest absolute Gasteiger partial charge is 0.385 e. The Morgan fingerprint density at radius 1 is 1.26 bits per heavy atom. The summed E-state index contributed by atoms with van der Waals surface area (Å²) in [6.07, 6.45) is 6.53. The number of anilines is 1. The molecule has 1 saturated carbocycles. The molecule has 4 aliphatic rings. The normalized spacial score (nSPS) is 35.4. The molecule has 0 aromatic heterocycles. The van der Waals surface area contributed by atoms with Crippen molar-refractivity contribution in [3.63, 3.8) is 0 Å². The average Bonchev–Trinajstić information content (AvgIpc) is 3.52. The Morgan fingerprint density at radius 2 is 2.05 bits per heavy atom. The Labute approximate surface area is 227 Å². The summed E-state index contributed by atoms with van der Waals surface area (Å²) in [5.41, 5.74) is -0.912. The zero-order chi connectivity index (χ0) is 27.2. The van der Waals surface area contributed by atoms with E-state index in [2.05, 4.69) is 24.5 Å². The van der Waals surface area contributed by atoms with Crippen LogP contribution in [0.25, 0.3) is 0 Å². The maximum absolute atomic E-state index is 13.9. The van der Waals surface area contributed by atoms with Crippen molar-refractivity contribution in [3.05, 3.63) is 41.2 Å². The molecule has 6 unspecified atom stereocenters. The van der Waals surface area contributed by atoms with Crippen molar-refractivity contribution in [3.8, 4) is 0 Å². The van der Waals surface area contributed by atoms with Gasteiger partial charge in [-0.05, 0) is 42.9 Å². The Morgan fingerprint density at radius 3 is 2.79 bits per heavy atom.